The van der Waals surface area contributed by atoms with Gasteiger partial charge < -0.3 is 21.1 Å². The highest BCUT2D eigenvalue weighted by Gasteiger charge is 2.16. The quantitative estimate of drug-likeness (QED) is 0.776. The predicted octanol–water partition coefficient (Wildman–Crippen LogP) is 1.12. The maximum absolute atomic E-state index is 11.5. The van der Waals surface area contributed by atoms with E-state index in [1.54, 1.807) is 25.1 Å². The lowest BCUT2D eigenvalue weighted by Gasteiger charge is -2.18. The first-order valence-corrected chi connectivity index (χ1v) is 5.67. The van der Waals surface area contributed by atoms with Gasteiger partial charge in [0.1, 0.15) is 5.75 Å². The van der Waals surface area contributed by atoms with E-state index in [1.165, 1.54) is 0 Å². The lowest BCUT2D eigenvalue weighted by molar-refractivity contribution is -0.119. The summed E-state index contributed by atoms with van der Waals surface area (Å²) in [7, 11) is 0. The second kappa shape index (κ2) is 6.40. The second-order valence-corrected chi connectivity index (χ2v) is 4.28. The monoisotopic (exact) mass is 285 g/mol. The van der Waals surface area contributed by atoms with Gasteiger partial charge in [0.15, 0.2) is 6.61 Å². The summed E-state index contributed by atoms with van der Waals surface area (Å²) in [5.41, 5.74) is 6.77. The molecule has 7 heteroatoms. The van der Waals surface area contributed by atoms with Crippen LogP contribution in [0.2, 0.25) is 0 Å². The van der Waals surface area contributed by atoms with Crippen LogP contribution in [0.1, 0.15) is 13.3 Å². The Morgan fingerprint density at radius 1 is 1.58 bits per heavy atom. The summed E-state index contributed by atoms with van der Waals surface area (Å²) in [4.78, 5) is 22.6. The molecule has 0 aromatic heterocycles. The number of benzene rings is 1. The van der Waals surface area contributed by atoms with Gasteiger partial charge in [0.2, 0.25) is 5.91 Å². The molecule has 1 aromatic carbocycles. The fraction of sp³-hybridized carbons (Fsp3) is 0.333. The van der Waals surface area contributed by atoms with Crippen LogP contribution in [0.4, 0.5) is 11.4 Å². The van der Waals surface area contributed by atoms with Crippen molar-refractivity contribution >= 4 is 35.6 Å². The molecule has 0 bridgehead atoms. The molecule has 0 saturated carbocycles. The molecule has 0 spiro atoms. The molecule has 19 heavy (non-hydrogen) atoms. The van der Waals surface area contributed by atoms with Crippen LogP contribution in [-0.4, -0.2) is 24.5 Å². The Morgan fingerprint density at radius 2 is 2.32 bits per heavy atom. The molecule has 0 saturated heterocycles. The number of carbonyl (C=O) groups is 2. The van der Waals surface area contributed by atoms with Crippen LogP contribution in [0.5, 0.6) is 5.75 Å². The Hall–Kier alpha value is -1.79. The first kappa shape index (κ1) is 15.3. The molecule has 1 aromatic rings. The molecule has 1 aliphatic heterocycles. The summed E-state index contributed by atoms with van der Waals surface area (Å²) in [6, 6.07) is 4.88. The van der Waals surface area contributed by atoms with Crippen LogP contribution in [0.3, 0.4) is 0 Å². The first-order chi connectivity index (χ1) is 8.54. The number of nitrogens with one attached hydrogen (secondary N) is 2. The average Bonchev–Trinajstić information content (AvgIpc) is 2.28. The third-order valence-corrected chi connectivity index (χ3v) is 2.41. The van der Waals surface area contributed by atoms with Gasteiger partial charge in [0.05, 0.1) is 5.69 Å². The van der Waals surface area contributed by atoms with Crippen molar-refractivity contribution in [2.75, 3.05) is 17.2 Å². The zero-order chi connectivity index (χ0) is 13.1. The lowest BCUT2D eigenvalue weighted by atomic mass is 10.2. The molecular weight excluding hydrogens is 270 g/mol. The van der Waals surface area contributed by atoms with E-state index in [4.69, 9.17) is 10.5 Å². The summed E-state index contributed by atoms with van der Waals surface area (Å²) in [6.45, 7) is 1.76. The van der Waals surface area contributed by atoms with Gasteiger partial charge >= 0.3 is 0 Å². The zero-order valence-corrected chi connectivity index (χ0v) is 11.3. The SMILES string of the molecule is CC(N)CC(=O)Nc1ccc2c(c1)OCC(=O)N2.Cl. The van der Waals surface area contributed by atoms with Gasteiger partial charge in [-0.2, -0.15) is 0 Å². The molecule has 104 valence electrons. The molecule has 0 radical (unpaired) electrons. The van der Waals surface area contributed by atoms with Crippen molar-refractivity contribution in [3.63, 3.8) is 0 Å². The highest BCUT2D eigenvalue weighted by molar-refractivity contribution is 5.97. The maximum Gasteiger partial charge on any atom is 0.262 e. The lowest BCUT2D eigenvalue weighted by Crippen LogP contribution is -2.26. The van der Waals surface area contributed by atoms with Gasteiger partial charge in [-0.3, -0.25) is 9.59 Å². The molecule has 1 unspecified atom stereocenters. The Kier molecular flexibility index (Phi) is 5.14. The van der Waals surface area contributed by atoms with Gasteiger partial charge in [-0.15, -0.1) is 12.4 Å². The Morgan fingerprint density at radius 3 is 3.00 bits per heavy atom. The maximum atomic E-state index is 11.5. The number of hydrogen-bond acceptors (Lipinski definition) is 4. The molecule has 6 nitrogen and oxygen atoms in total. The van der Waals surface area contributed by atoms with Crippen LogP contribution in [0, 0.1) is 0 Å². The topological polar surface area (TPSA) is 93.5 Å². The summed E-state index contributed by atoms with van der Waals surface area (Å²) >= 11 is 0. The second-order valence-electron chi connectivity index (χ2n) is 4.28. The minimum atomic E-state index is -0.184. The van der Waals surface area contributed by atoms with Gasteiger partial charge in [-0.25, -0.2) is 0 Å². The van der Waals surface area contributed by atoms with E-state index in [2.05, 4.69) is 10.6 Å². The number of halogens is 1. The third kappa shape index (κ3) is 4.11. The van der Waals surface area contributed by atoms with Gasteiger partial charge in [0, 0.05) is 24.2 Å². The molecule has 0 fully saturated rings. The van der Waals surface area contributed by atoms with Crippen LogP contribution in [0.15, 0.2) is 18.2 Å². The molecule has 1 atom stereocenters. The Labute approximate surface area is 117 Å². The van der Waals surface area contributed by atoms with Gasteiger partial charge in [0.25, 0.3) is 5.91 Å². The van der Waals surface area contributed by atoms with Crippen LogP contribution < -0.4 is 21.1 Å². The fourth-order valence-corrected chi connectivity index (χ4v) is 1.66. The van der Waals surface area contributed by atoms with Crippen molar-refractivity contribution in [1.82, 2.24) is 0 Å². The molecule has 4 N–H and O–H groups in total. The summed E-state index contributed by atoms with van der Waals surface area (Å²) in [6.07, 6.45) is 0.259. The van der Waals surface area contributed by atoms with E-state index in [0.29, 0.717) is 17.1 Å². The van der Waals surface area contributed by atoms with Crippen LogP contribution >= 0.6 is 12.4 Å². The highest BCUT2D eigenvalue weighted by atomic mass is 35.5. The Bertz CT molecular complexity index is 491. The summed E-state index contributed by atoms with van der Waals surface area (Å²) < 4.78 is 5.25. The number of rotatable bonds is 3. The highest BCUT2D eigenvalue weighted by Crippen LogP contribution is 2.30. The van der Waals surface area contributed by atoms with E-state index in [9.17, 15) is 9.59 Å². The number of anilines is 2. The van der Waals surface area contributed by atoms with Gasteiger partial charge in [-0.05, 0) is 19.1 Å². The van der Waals surface area contributed by atoms with Crippen molar-refractivity contribution in [1.29, 1.82) is 0 Å². The largest absolute Gasteiger partial charge is 0.482 e. The van der Waals surface area contributed by atoms with E-state index >= 15 is 0 Å². The van der Waals surface area contributed by atoms with Crippen molar-refractivity contribution in [3.05, 3.63) is 18.2 Å². The number of amides is 2. The smallest absolute Gasteiger partial charge is 0.262 e. The van der Waals surface area contributed by atoms with Crippen molar-refractivity contribution in [2.45, 2.75) is 19.4 Å². The van der Waals surface area contributed by atoms with E-state index in [-0.39, 0.29) is 43.3 Å². The fourth-order valence-electron chi connectivity index (χ4n) is 1.66. The summed E-state index contributed by atoms with van der Waals surface area (Å²) in [5.74, 6) is 0.217. The van der Waals surface area contributed by atoms with Gasteiger partial charge in [-0.1, -0.05) is 0 Å². The molecule has 2 amide bonds. The van der Waals surface area contributed by atoms with Crippen molar-refractivity contribution in [3.8, 4) is 5.75 Å². The van der Waals surface area contributed by atoms with Crippen LogP contribution in [0.25, 0.3) is 0 Å². The van der Waals surface area contributed by atoms with Crippen molar-refractivity contribution < 1.29 is 14.3 Å². The van der Waals surface area contributed by atoms with Crippen molar-refractivity contribution in [2.24, 2.45) is 5.73 Å². The number of hydrogen-bond donors (Lipinski definition) is 3. The van der Waals surface area contributed by atoms with E-state index in [1.807, 2.05) is 0 Å². The van der Waals surface area contributed by atoms with E-state index < -0.39 is 0 Å². The summed E-state index contributed by atoms with van der Waals surface area (Å²) in [5, 5.41) is 5.40. The predicted molar refractivity (Wildman–Crippen MR) is 74.7 cm³/mol. The standard InChI is InChI=1S/C12H15N3O3.ClH/c1-7(13)4-11(16)14-8-2-3-9-10(5-8)18-6-12(17)15-9;/h2-3,5,7H,4,6,13H2,1H3,(H,14,16)(H,15,17);1H. The number of ether oxygens (including phenoxy) is 1. The molecule has 1 heterocycles. The number of nitrogens with two attached hydrogens (primary N) is 1. The third-order valence-electron chi connectivity index (χ3n) is 2.41. The Balaban J connectivity index is 0.00000180. The molecule has 0 aliphatic carbocycles. The minimum Gasteiger partial charge on any atom is -0.482 e. The molecule has 2 rings (SSSR count). The number of fused-ring (bicyclic) bond motifs is 1. The first-order valence-electron chi connectivity index (χ1n) is 5.67. The number of carbonyl (C=O) groups excluding carboxylic acids is 2. The normalized spacial score (nSPS) is 14.3. The molecule has 1 aliphatic rings. The minimum absolute atomic E-state index is 0. The zero-order valence-electron chi connectivity index (χ0n) is 10.4. The van der Waals surface area contributed by atoms with E-state index in [0.717, 1.165) is 0 Å². The van der Waals surface area contributed by atoms with Crippen LogP contribution in [-0.2, 0) is 9.59 Å². The molecular formula is C12H16ClN3O3. The average molecular weight is 286 g/mol.